The van der Waals surface area contributed by atoms with E-state index in [2.05, 4.69) is 275 Å². The van der Waals surface area contributed by atoms with E-state index in [0.717, 1.165) is 202 Å². The summed E-state index contributed by atoms with van der Waals surface area (Å²) in [7, 11) is -0.344. The number of fused-ring (bicyclic) bond motifs is 10. The molecule has 1 fully saturated rings. The number of nitrogens with two attached hydrogens (primary N) is 1. The van der Waals surface area contributed by atoms with E-state index in [4.69, 9.17) is 74.8 Å². The van der Waals surface area contributed by atoms with Gasteiger partial charge in [0.1, 0.15) is 5.15 Å². The van der Waals surface area contributed by atoms with Gasteiger partial charge in [-0.15, -0.1) is 0 Å². The summed E-state index contributed by atoms with van der Waals surface area (Å²) in [6.45, 7) is 8.28. The highest BCUT2D eigenvalue weighted by atomic mass is 79.9. The minimum absolute atomic E-state index is 0.139. The second-order valence-electron chi connectivity index (χ2n) is 34.6. The van der Waals surface area contributed by atoms with Gasteiger partial charge in [0, 0.05) is 118 Å². The first-order valence-electron chi connectivity index (χ1n) is 45.7. The highest BCUT2D eigenvalue weighted by Gasteiger charge is 2.52. The van der Waals surface area contributed by atoms with Gasteiger partial charge < -0.3 is 20.4 Å². The number of para-hydroxylation sites is 3. The Bertz CT molecular complexity index is 8400. The molecule has 12 nitrogen and oxygen atoms in total. The fourth-order valence-electron chi connectivity index (χ4n) is 16.7. The Balaban J connectivity index is 0.000000109. The molecule has 0 saturated carbocycles. The second kappa shape index (κ2) is 42.4. The first kappa shape index (κ1) is 93.7. The first-order chi connectivity index (χ1) is 68.2. The Kier molecular flexibility index (Phi) is 28.4. The van der Waals surface area contributed by atoms with Crippen molar-refractivity contribution in [3.05, 3.63) is 479 Å². The van der Waals surface area contributed by atoms with Gasteiger partial charge in [0.2, 0.25) is 0 Å². The average molecular weight is 2010 g/mol. The Morgan fingerprint density at radius 2 is 0.657 bits per heavy atom. The van der Waals surface area contributed by atoms with Gasteiger partial charge in [0.25, 0.3) is 5.91 Å². The number of carbonyl (C=O) groups is 1. The van der Waals surface area contributed by atoms with Gasteiger partial charge in [0.15, 0.2) is 0 Å². The summed E-state index contributed by atoms with van der Waals surface area (Å²) < 4.78 is 14.3. The van der Waals surface area contributed by atoms with Crippen molar-refractivity contribution in [2.75, 3.05) is 11.1 Å². The smallest absolute Gasteiger partial charge is 0.399 e. The quantitative estimate of drug-likeness (QED) is 0.0548. The Labute approximate surface area is 844 Å². The number of carbonyl (C=O) groups excluding carboxylic acids is 1. The zero-order chi connectivity index (χ0) is 96.2. The van der Waals surface area contributed by atoms with Crippen LogP contribution >= 0.6 is 66.7 Å². The maximum absolute atomic E-state index is 12.8. The lowest BCUT2D eigenvalue weighted by atomic mass is 9.78. The number of anilines is 2. The van der Waals surface area contributed by atoms with Crippen LogP contribution in [0.25, 0.3) is 177 Å². The van der Waals surface area contributed by atoms with Crippen LogP contribution in [0.3, 0.4) is 0 Å². The number of halogens is 5. The predicted octanol–water partition coefficient (Wildman–Crippen LogP) is 33.1. The first-order valence-corrected chi connectivity index (χ1v) is 48.4. The van der Waals surface area contributed by atoms with E-state index in [-0.39, 0.29) is 24.2 Å². The van der Waals surface area contributed by atoms with Crippen LogP contribution in [-0.2, 0) is 9.31 Å². The molecule has 0 unspecified atom stereocenters. The number of nitrogen functional groups attached to an aromatic ring is 1. The number of rotatable bonds is 11. The fourth-order valence-corrected chi connectivity index (χ4v) is 17.8. The van der Waals surface area contributed by atoms with E-state index in [1.165, 1.54) is 5.39 Å². The zero-order valence-electron chi connectivity index (χ0n) is 76.6. The minimum atomic E-state index is -0.344. The average Bonchev–Trinajstić information content (AvgIpc) is 0.886. The van der Waals surface area contributed by atoms with Crippen LogP contribution in [-0.4, -0.2) is 59.1 Å². The lowest BCUT2D eigenvalue weighted by Crippen LogP contribution is -2.41. The topological polar surface area (TPSA) is 164 Å². The number of pyridine rings is 7. The molecular weight excluding hydrogens is 1920 g/mol. The van der Waals surface area contributed by atoms with E-state index < -0.39 is 0 Å². The largest absolute Gasteiger partial charge is 0.494 e. The molecule has 7 aromatic heterocycles. The molecule has 1 aliphatic rings. The van der Waals surface area contributed by atoms with Gasteiger partial charge >= 0.3 is 7.12 Å². The number of amides is 1. The van der Waals surface area contributed by atoms with Crippen LogP contribution < -0.4 is 16.5 Å². The van der Waals surface area contributed by atoms with Crippen molar-refractivity contribution in [3.8, 4) is 89.8 Å². The van der Waals surface area contributed by atoms with Crippen molar-refractivity contribution in [2.45, 2.75) is 38.9 Å². The molecule has 18 heteroatoms. The van der Waals surface area contributed by atoms with E-state index in [9.17, 15) is 4.79 Å². The Hall–Kier alpha value is -15.3. The molecular formula is C122H89BBr2Cl3N9O3. The van der Waals surface area contributed by atoms with E-state index in [0.29, 0.717) is 15.7 Å². The van der Waals surface area contributed by atoms with Crippen LogP contribution in [0.5, 0.6) is 0 Å². The predicted molar refractivity (Wildman–Crippen MR) is 592 cm³/mol. The number of benzene rings is 16. The molecule has 678 valence electrons. The summed E-state index contributed by atoms with van der Waals surface area (Å²) in [4.78, 5) is 46.0. The molecule has 0 aliphatic carbocycles. The summed E-state index contributed by atoms with van der Waals surface area (Å²) in [6.07, 6.45) is 0. The number of nitrogens with zero attached hydrogens (tertiary/aromatic N) is 7. The molecule has 24 rings (SSSR count). The SMILES string of the molecule is Brc1ccc(-c2nc3ccccc3c3ccc4nc(-c5ccccc5)ccc4c23)cc1.CC1(C)OB(c2ccc3nc(-c4ccccc4)ccc3c2)OC1(C)C.Clc1ccc2nc(-c3ccccc3)ccc2c1.Clc1ccc2nc(Cl)ccc2c1.Nc1ccccc1-c1ccc2nc(-c3ccccc3)ccc2c1.O=C(Nc1ccccc1-c1ccc2nc(-c3ccccc3)ccc2c1)c1ccc(Br)cc1. The molecule has 0 atom stereocenters. The lowest BCUT2D eigenvalue weighted by Gasteiger charge is -2.32. The van der Waals surface area contributed by atoms with Crippen molar-refractivity contribution in [1.29, 1.82) is 0 Å². The van der Waals surface area contributed by atoms with Crippen molar-refractivity contribution in [2.24, 2.45) is 0 Å². The van der Waals surface area contributed by atoms with Gasteiger partial charge in [-0.25, -0.2) is 34.9 Å². The number of nitrogens with one attached hydrogen (secondary N) is 1. The van der Waals surface area contributed by atoms with E-state index in [1.54, 1.807) is 24.3 Å². The van der Waals surface area contributed by atoms with Crippen LogP contribution in [0.1, 0.15) is 38.1 Å². The Morgan fingerprint density at radius 3 is 1.15 bits per heavy atom. The van der Waals surface area contributed by atoms with E-state index >= 15 is 0 Å². The van der Waals surface area contributed by atoms with Crippen LogP contribution in [0.4, 0.5) is 11.4 Å². The molecule has 0 bridgehead atoms. The van der Waals surface area contributed by atoms with Gasteiger partial charge in [-0.05, 0) is 231 Å². The number of hydrogen-bond acceptors (Lipinski definition) is 11. The van der Waals surface area contributed by atoms with Crippen molar-refractivity contribution in [1.82, 2.24) is 34.9 Å². The standard InChI is InChI=1S/C28H19BrN2O.C28H17BrN2.C21H22BNO2.C21H16N2.C15H10ClN.C9H5Cl2N/c29-23-14-10-20(11-15-23)28(32)31-27-9-5-4-8-24(27)21-12-16-26-22(18-21)13-17-25(30-26)19-6-2-1-3-7-19;29-20-12-10-19(11-13-20)28-27-22(21-8-4-5-9-25(21)31-28)14-17-26-23(27)15-16-24(30-26)18-6-2-1-3-7-18;1-20(2)21(3,4)25-22(24-20)17-11-13-19-16(14-17)10-12-18(23-19)15-8-6-5-7-9-15;22-19-9-5-4-8-18(19)16-10-12-21-17(14-16)11-13-20(23-21)15-6-2-1-3-7-15;16-13-7-9-15-12(10-13)6-8-14(17-15)11-4-2-1-3-5-11;10-7-2-3-8-6(5-7)1-4-9(11)12-8/h1-18H,(H,31,32);1-17H;5-14H,1-4H3;1-14H,22H2;1-10H;1-5H. The van der Waals surface area contributed by atoms with Gasteiger partial charge in [0.05, 0.1) is 84.0 Å². The molecule has 1 aliphatic heterocycles. The minimum Gasteiger partial charge on any atom is -0.399 e. The highest BCUT2D eigenvalue weighted by molar-refractivity contribution is 9.10. The molecule has 0 spiro atoms. The third-order valence-electron chi connectivity index (χ3n) is 24.8. The fraction of sp³-hybridized carbons (Fsp3) is 0.0492. The van der Waals surface area contributed by atoms with Crippen molar-refractivity contribution in [3.63, 3.8) is 0 Å². The van der Waals surface area contributed by atoms with Crippen LogP contribution in [0.15, 0.2) is 458 Å². The third-order valence-corrected chi connectivity index (χ3v) is 26.5. The monoisotopic (exact) mass is 2000 g/mol. The summed E-state index contributed by atoms with van der Waals surface area (Å²) in [6, 6.07) is 150. The van der Waals surface area contributed by atoms with Crippen molar-refractivity contribution < 1.29 is 14.1 Å². The highest BCUT2D eigenvalue weighted by Crippen LogP contribution is 2.42. The number of aromatic nitrogens is 7. The van der Waals surface area contributed by atoms with Gasteiger partial charge in [-0.1, -0.05) is 340 Å². The normalized spacial score (nSPS) is 12.3. The molecule has 16 aromatic carbocycles. The Morgan fingerprint density at radius 1 is 0.300 bits per heavy atom. The van der Waals surface area contributed by atoms with Crippen molar-refractivity contribution >= 4 is 184 Å². The molecule has 1 saturated heterocycles. The zero-order valence-corrected chi connectivity index (χ0v) is 82.1. The van der Waals surface area contributed by atoms with Crippen LogP contribution in [0, 0.1) is 0 Å². The molecule has 140 heavy (non-hydrogen) atoms. The molecule has 0 radical (unpaired) electrons. The summed E-state index contributed by atoms with van der Waals surface area (Å²) in [5.74, 6) is -0.139. The third kappa shape index (κ3) is 21.8. The summed E-state index contributed by atoms with van der Waals surface area (Å²) >= 11 is 24.4. The lowest BCUT2D eigenvalue weighted by molar-refractivity contribution is 0.00578. The van der Waals surface area contributed by atoms with Gasteiger partial charge in [-0.3, -0.25) is 4.79 Å². The summed E-state index contributed by atoms with van der Waals surface area (Å²) in [5.41, 5.74) is 32.1. The van der Waals surface area contributed by atoms with Crippen LogP contribution in [0.2, 0.25) is 15.2 Å². The van der Waals surface area contributed by atoms with E-state index in [1.807, 2.05) is 224 Å². The molecule has 8 heterocycles. The summed E-state index contributed by atoms with van der Waals surface area (Å²) in [5, 5.41) is 15.0. The molecule has 23 aromatic rings. The van der Waals surface area contributed by atoms with Gasteiger partial charge in [-0.2, -0.15) is 0 Å². The molecule has 3 N–H and O–H groups in total. The molecule has 1 amide bonds. The maximum Gasteiger partial charge on any atom is 0.494 e. The number of hydrogen-bond donors (Lipinski definition) is 2. The maximum atomic E-state index is 12.8. The second-order valence-corrected chi connectivity index (χ2v) is 37.7.